The summed E-state index contributed by atoms with van der Waals surface area (Å²) >= 11 is 4.90. The second kappa shape index (κ2) is 3.87. The summed E-state index contributed by atoms with van der Waals surface area (Å²) in [6.45, 7) is 1.37. The third-order valence-corrected chi connectivity index (χ3v) is 1.94. The molecule has 5 nitrogen and oxygen atoms in total. The van der Waals surface area contributed by atoms with E-state index in [9.17, 15) is 4.79 Å². The van der Waals surface area contributed by atoms with Crippen LogP contribution in [0.1, 0.15) is 0 Å². The number of carbonyl (C=O) groups is 1. The fraction of sp³-hybridized carbons (Fsp3) is 0.286. The minimum atomic E-state index is -0.739. The molecule has 1 saturated heterocycles. The molecule has 0 atom stereocenters. The van der Waals surface area contributed by atoms with Gasteiger partial charge >= 0.3 is 0 Å². The molecule has 0 aliphatic carbocycles. The number of carbonyl (C=O) groups excluding carboxylic acids is 1. The normalized spacial score (nSPS) is 16.7. The van der Waals surface area contributed by atoms with E-state index in [4.69, 9.17) is 23.2 Å². The number of primary amides is 1. The number of hydrogen-bond acceptors (Lipinski definition) is 3. The number of rotatable bonds is 2. The molecular weight excluding hydrogens is 188 g/mol. The Bertz CT molecular complexity index is 317. The Morgan fingerprint density at radius 1 is 1.85 bits per heavy atom. The zero-order valence-electron chi connectivity index (χ0n) is 6.78. The van der Waals surface area contributed by atoms with E-state index < -0.39 is 5.91 Å². The topological polar surface area (TPSA) is 82.2 Å². The highest BCUT2D eigenvalue weighted by atomic mass is 32.1. The van der Waals surface area contributed by atoms with Crippen LogP contribution >= 0.6 is 12.2 Å². The fourth-order valence-corrected chi connectivity index (χ4v) is 1.16. The van der Waals surface area contributed by atoms with Gasteiger partial charge in [-0.2, -0.15) is 5.26 Å². The highest BCUT2D eigenvalue weighted by Crippen LogP contribution is 2.01. The molecule has 0 aromatic rings. The maximum Gasteiger partial charge on any atom is 0.260 e. The smallest absolute Gasteiger partial charge is 0.260 e. The van der Waals surface area contributed by atoms with Gasteiger partial charge in [0.05, 0.1) is 0 Å². The lowest BCUT2D eigenvalue weighted by atomic mass is 10.3. The van der Waals surface area contributed by atoms with Crippen LogP contribution in [0.5, 0.6) is 0 Å². The average Bonchev–Trinajstić information content (AvgIpc) is 2.46. The molecule has 68 valence electrons. The quantitative estimate of drug-likeness (QED) is 0.339. The molecule has 0 spiro atoms. The van der Waals surface area contributed by atoms with Crippen LogP contribution < -0.4 is 11.1 Å². The molecule has 1 heterocycles. The van der Waals surface area contributed by atoms with Gasteiger partial charge in [0, 0.05) is 19.3 Å². The monoisotopic (exact) mass is 196 g/mol. The summed E-state index contributed by atoms with van der Waals surface area (Å²) < 4.78 is 0. The predicted octanol–water partition coefficient (Wildman–Crippen LogP) is -0.931. The summed E-state index contributed by atoms with van der Waals surface area (Å²) in [6, 6.07) is 1.71. The number of amides is 1. The molecule has 1 aliphatic rings. The second-order valence-electron chi connectivity index (χ2n) is 2.44. The predicted molar refractivity (Wildman–Crippen MR) is 50.2 cm³/mol. The van der Waals surface area contributed by atoms with Gasteiger partial charge in [-0.15, -0.1) is 0 Å². The molecule has 0 aromatic carbocycles. The van der Waals surface area contributed by atoms with Crippen LogP contribution in [-0.2, 0) is 4.79 Å². The van der Waals surface area contributed by atoms with Crippen molar-refractivity contribution in [2.45, 2.75) is 0 Å². The Labute approximate surface area is 80.8 Å². The number of nitrogens with one attached hydrogen (secondary N) is 1. The lowest BCUT2D eigenvalue weighted by molar-refractivity contribution is -0.114. The molecule has 3 N–H and O–H groups in total. The van der Waals surface area contributed by atoms with Crippen LogP contribution in [0.2, 0.25) is 0 Å². The first-order valence-corrected chi connectivity index (χ1v) is 4.02. The molecule has 1 aliphatic heterocycles. The van der Waals surface area contributed by atoms with Crippen molar-refractivity contribution in [1.29, 1.82) is 5.26 Å². The molecule has 1 amide bonds. The summed E-state index contributed by atoms with van der Waals surface area (Å²) in [5.41, 5.74) is 4.86. The van der Waals surface area contributed by atoms with Crippen LogP contribution in [0.15, 0.2) is 11.8 Å². The van der Waals surface area contributed by atoms with Crippen molar-refractivity contribution in [2.24, 2.45) is 5.73 Å². The SMILES string of the molecule is N#C/C(=C\N1CCNC1=S)C(N)=O. The molecule has 1 rings (SSSR count). The van der Waals surface area contributed by atoms with Gasteiger partial charge in [-0.3, -0.25) is 4.79 Å². The maximum absolute atomic E-state index is 10.7. The first-order chi connectivity index (χ1) is 6.15. The number of thiocarbonyl (C=S) groups is 1. The van der Waals surface area contributed by atoms with Crippen molar-refractivity contribution >= 4 is 23.2 Å². The minimum absolute atomic E-state index is 0.0916. The van der Waals surface area contributed by atoms with Crippen molar-refractivity contribution < 1.29 is 4.79 Å². The number of nitrogens with two attached hydrogens (primary N) is 1. The molecule has 0 unspecified atom stereocenters. The van der Waals surface area contributed by atoms with Gasteiger partial charge < -0.3 is 16.0 Å². The molecule has 0 radical (unpaired) electrons. The van der Waals surface area contributed by atoms with Crippen LogP contribution in [0.3, 0.4) is 0 Å². The lowest BCUT2D eigenvalue weighted by Crippen LogP contribution is -2.25. The van der Waals surface area contributed by atoms with Crippen molar-refractivity contribution in [3.05, 3.63) is 11.8 Å². The van der Waals surface area contributed by atoms with E-state index in [-0.39, 0.29) is 5.57 Å². The van der Waals surface area contributed by atoms with Crippen LogP contribution in [-0.4, -0.2) is 29.0 Å². The minimum Gasteiger partial charge on any atom is -0.365 e. The van der Waals surface area contributed by atoms with Crippen LogP contribution in [0.25, 0.3) is 0 Å². The summed E-state index contributed by atoms with van der Waals surface area (Å²) in [7, 11) is 0. The van der Waals surface area contributed by atoms with E-state index in [2.05, 4.69) is 5.32 Å². The van der Waals surface area contributed by atoms with Crippen LogP contribution in [0, 0.1) is 11.3 Å². The first kappa shape index (κ1) is 9.48. The molecular formula is C7H8N4OS. The van der Waals surface area contributed by atoms with Gasteiger partial charge in [-0.25, -0.2) is 0 Å². The Hall–Kier alpha value is -1.61. The Morgan fingerprint density at radius 3 is 2.92 bits per heavy atom. The highest BCUT2D eigenvalue weighted by molar-refractivity contribution is 7.80. The van der Waals surface area contributed by atoms with Gasteiger partial charge in [0.15, 0.2) is 5.11 Å². The van der Waals surface area contributed by atoms with Gasteiger partial charge in [-0.1, -0.05) is 0 Å². The summed E-state index contributed by atoms with van der Waals surface area (Å²) in [6.07, 6.45) is 1.37. The van der Waals surface area contributed by atoms with E-state index in [0.717, 1.165) is 0 Å². The molecule has 0 saturated carbocycles. The zero-order valence-corrected chi connectivity index (χ0v) is 7.60. The highest BCUT2D eigenvalue weighted by Gasteiger charge is 2.15. The van der Waals surface area contributed by atoms with Crippen molar-refractivity contribution in [3.63, 3.8) is 0 Å². The summed E-state index contributed by atoms with van der Waals surface area (Å²) in [4.78, 5) is 12.3. The number of nitriles is 1. The Morgan fingerprint density at radius 2 is 2.54 bits per heavy atom. The number of nitrogens with zero attached hydrogens (tertiary/aromatic N) is 2. The van der Waals surface area contributed by atoms with E-state index >= 15 is 0 Å². The Kier molecular flexibility index (Phi) is 2.82. The molecule has 1 fully saturated rings. The first-order valence-electron chi connectivity index (χ1n) is 3.61. The van der Waals surface area contributed by atoms with E-state index in [1.807, 2.05) is 0 Å². The van der Waals surface area contributed by atoms with Gasteiger partial charge in [-0.05, 0) is 12.2 Å². The van der Waals surface area contributed by atoms with E-state index in [1.165, 1.54) is 6.20 Å². The standard InChI is InChI=1S/C7H8N4OS/c8-3-5(6(9)12)4-11-2-1-10-7(11)13/h4H,1-2H2,(H2,9,12)(H,10,13)/b5-4+. The number of hydrogen-bond donors (Lipinski definition) is 2. The van der Waals surface area contributed by atoms with E-state index in [0.29, 0.717) is 18.2 Å². The molecule has 0 aromatic heterocycles. The van der Waals surface area contributed by atoms with Gasteiger partial charge in [0.25, 0.3) is 5.91 Å². The molecule has 13 heavy (non-hydrogen) atoms. The largest absolute Gasteiger partial charge is 0.365 e. The summed E-state index contributed by atoms with van der Waals surface area (Å²) in [5, 5.41) is 11.9. The summed E-state index contributed by atoms with van der Waals surface area (Å²) in [5.74, 6) is -0.739. The third-order valence-electron chi connectivity index (χ3n) is 1.56. The average molecular weight is 196 g/mol. The second-order valence-corrected chi connectivity index (χ2v) is 2.83. The molecule has 6 heteroatoms. The van der Waals surface area contributed by atoms with Gasteiger partial charge in [0.2, 0.25) is 0 Å². The van der Waals surface area contributed by atoms with E-state index in [1.54, 1.807) is 11.0 Å². The Balaban J connectivity index is 2.79. The zero-order chi connectivity index (χ0) is 9.84. The third kappa shape index (κ3) is 2.16. The van der Waals surface area contributed by atoms with Crippen molar-refractivity contribution in [3.8, 4) is 6.07 Å². The lowest BCUT2D eigenvalue weighted by Gasteiger charge is -2.09. The molecule has 0 bridgehead atoms. The van der Waals surface area contributed by atoms with Crippen molar-refractivity contribution in [1.82, 2.24) is 10.2 Å². The van der Waals surface area contributed by atoms with Gasteiger partial charge in [0.1, 0.15) is 11.6 Å². The maximum atomic E-state index is 10.7. The van der Waals surface area contributed by atoms with Crippen LogP contribution in [0.4, 0.5) is 0 Å². The fourth-order valence-electron chi connectivity index (χ4n) is 0.913. The van der Waals surface area contributed by atoms with Crippen molar-refractivity contribution in [2.75, 3.05) is 13.1 Å².